The molecule has 0 amide bonds. The Morgan fingerprint density at radius 1 is 1.89 bits per heavy atom. The molecule has 54 valence electrons. The highest BCUT2D eigenvalue weighted by atomic mass is 127. The largest absolute Gasteiger partial charge is 0.465 e. The molecule has 9 heavy (non-hydrogen) atoms. The van der Waals surface area contributed by atoms with Gasteiger partial charge in [0, 0.05) is 4.43 Å². The maximum absolute atomic E-state index is 10.6. The van der Waals surface area contributed by atoms with Crippen molar-refractivity contribution in [3.8, 4) is 0 Å². The molecule has 0 aromatic heterocycles. The standard InChI is InChI=1S/C5H8ClIO2/c1-2-9-5(8)4(6)3-7/h4H,2-3H2,1H3. The molecule has 0 saturated carbocycles. The summed E-state index contributed by atoms with van der Waals surface area (Å²) in [7, 11) is 0. The van der Waals surface area contributed by atoms with Crippen molar-refractivity contribution < 1.29 is 9.53 Å². The van der Waals surface area contributed by atoms with E-state index in [9.17, 15) is 4.79 Å². The van der Waals surface area contributed by atoms with Gasteiger partial charge < -0.3 is 4.74 Å². The number of hydrogen-bond donors (Lipinski definition) is 0. The average Bonchev–Trinajstić information content (AvgIpc) is 1.87. The van der Waals surface area contributed by atoms with Crippen molar-refractivity contribution in [1.29, 1.82) is 0 Å². The first-order chi connectivity index (χ1) is 4.22. The van der Waals surface area contributed by atoms with Crippen LogP contribution in [0, 0.1) is 0 Å². The molecule has 0 spiro atoms. The first-order valence-electron chi connectivity index (χ1n) is 2.59. The summed E-state index contributed by atoms with van der Waals surface area (Å²) in [5.74, 6) is -0.325. The number of carbonyl (C=O) groups excluding carboxylic acids is 1. The molecule has 1 unspecified atom stereocenters. The van der Waals surface area contributed by atoms with E-state index >= 15 is 0 Å². The normalized spacial score (nSPS) is 12.8. The molecule has 0 rings (SSSR count). The van der Waals surface area contributed by atoms with Crippen LogP contribution < -0.4 is 0 Å². The Labute approximate surface area is 73.0 Å². The quantitative estimate of drug-likeness (QED) is 0.439. The van der Waals surface area contributed by atoms with Crippen molar-refractivity contribution in [2.75, 3.05) is 11.0 Å². The van der Waals surface area contributed by atoms with Crippen LogP contribution in [0.25, 0.3) is 0 Å². The van der Waals surface area contributed by atoms with Crippen LogP contribution >= 0.6 is 34.2 Å². The van der Waals surface area contributed by atoms with Gasteiger partial charge in [0.1, 0.15) is 5.38 Å². The fourth-order valence-electron chi connectivity index (χ4n) is 0.296. The summed E-state index contributed by atoms with van der Waals surface area (Å²) in [6.45, 7) is 2.16. The molecule has 0 N–H and O–H groups in total. The molecule has 0 heterocycles. The number of carbonyl (C=O) groups is 1. The van der Waals surface area contributed by atoms with Gasteiger partial charge in [-0.05, 0) is 6.92 Å². The van der Waals surface area contributed by atoms with Gasteiger partial charge in [0.05, 0.1) is 6.61 Å². The lowest BCUT2D eigenvalue weighted by Gasteiger charge is -2.02. The fourth-order valence-corrected chi connectivity index (χ4v) is 0.718. The van der Waals surface area contributed by atoms with E-state index in [1.54, 1.807) is 6.92 Å². The van der Waals surface area contributed by atoms with Crippen molar-refractivity contribution in [2.45, 2.75) is 12.3 Å². The van der Waals surface area contributed by atoms with Crippen molar-refractivity contribution in [1.82, 2.24) is 0 Å². The molecule has 0 aromatic rings. The van der Waals surface area contributed by atoms with Crippen molar-refractivity contribution in [3.05, 3.63) is 0 Å². The zero-order valence-electron chi connectivity index (χ0n) is 5.06. The Bertz CT molecular complexity index is 97.0. The van der Waals surface area contributed by atoms with Crippen LogP contribution in [-0.4, -0.2) is 22.4 Å². The molecular weight excluding hydrogens is 254 g/mol. The van der Waals surface area contributed by atoms with Crippen LogP contribution in [0.3, 0.4) is 0 Å². The lowest BCUT2D eigenvalue weighted by atomic mass is 10.5. The second-order valence-electron chi connectivity index (χ2n) is 1.37. The fraction of sp³-hybridized carbons (Fsp3) is 0.800. The van der Waals surface area contributed by atoms with Crippen LogP contribution in [0.2, 0.25) is 0 Å². The van der Waals surface area contributed by atoms with Crippen molar-refractivity contribution in [3.63, 3.8) is 0 Å². The summed E-state index contributed by atoms with van der Waals surface area (Å²) in [5, 5.41) is -0.481. The first-order valence-corrected chi connectivity index (χ1v) is 4.55. The second kappa shape index (κ2) is 5.29. The van der Waals surface area contributed by atoms with Crippen LogP contribution in [0.1, 0.15) is 6.92 Å². The van der Waals surface area contributed by atoms with Gasteiger partial charge in [0.25, 0.3) is 0 Å². The van der Waals surface area contributed by atoms with E-state index in [4.69, 9.17) is 11.6 Å². The Balaban J connectivity index is 3.46. The molecular formula is C5H8ClIO2. The van der Waals surface area contributed by atoms with Gasteiger partial charge in [0.2, 0.25) is 0 Å². The van der Waals surface area contributed by atoms with Crippen molar-refractivity contribution in [2.24, 2.45) is 0 Å². The zero-order chi connectivity index (χ0) is 7.28. The Hall–Kier alpha value is 0.490. The Morgan fingerprint density at radius 2 is 2.44 bits per heavy atom. The SMILES string of the molecule is CCOC(=O)C(Cl)CI. The molecule has 0 aliphatic carbocycles. The summed E-state index contributed by atoms with van der Waals surface area (Å²) in [6.07, 6.45) is 0. The molecule has 0 saturated heterocycles. The van der Waals surface area contributed by atoms with E-state index in [0.717, 1.165) is 0 Å². The third-order valence-electron chi connectivity index (χ3n) is 0.678. The summed E-state index contributed by atoms with van der Waals surface area (Å²) >= 11 is 7.55. The molecule has 0 aromatic carbocycles. The third kappa shape index (κ3) is 3.97. The van der Waals surface area contributed by atoms with Gasteiger partial charge in [-0.3, -0.25) is 4.79 Å². The molecule has 0 fully saturated rings. The lowest BCUT2D eigenvalue weighted by Crippen LogP contribution is -2.18. The van der Waals surface area contributed by atoms with Gasteiger partial charge in [-0.15, -0.1) is 11.6 Å². The van der Waals surface area contributed by atoms with E-state index in [1.165, 1.54) is 0 Å². The van der Waals surface area contributed by atoms with Crippen LogP contribution in [-0.2, 0) is 9.53 Å². The summed E-state index contributed by atoms with van der Waals surface area (Å²) in [6, 6.07) is 0. The highest BCUT2D eigenvalue weighted by Crippen LogP contribution is 2.02. The molecule has 1 atom stereocenters. The first kappa shape index (κ1) is 9.49. The van der Waals surface area contributed by atoms with E-state index < -0.39 is 5.38 Å². The predicted octanol–water partition coefficient (Wildman–Crippen LogP) is 1.59. The Morgan fingerprint density at radius 3 is 2.78 bits per heavy atom. The topological polar surface area (TPSA) is 26.3 Å². The lowest BCUT2D eigenvalue weighted by molar-refractivity contribution is -0.142. The maximum Gasteiger partial charge on any atom is 0.324 e. The van der Waals surface area contributed by atoms with Gasteiger partial charge in [-0.1, -0.05) is 22.6 Å². The van der Waals surface area contributed by atoms with Crippen molar-refractivity contribution >= 4 is 40.2 Å². The van der Waals surface area contributed by atoms with E-state index in [-0.39, 0.29) is 5.97 Å². The van der Waals surface area contributed by atoms with Crippen LogP contribution in [0.4, 0.5) is 0 Å². The number of esters is 1. The number of ether oxygens (including phenoxy) is 1. The number of rotatable bonds is 3. The number of hydrogen-bond acceptors (Lipinski definition) is 2. The van der Waals surface area contributed by atoms with Gasteiger partial charge in [-0.2, -0.15) is 0 Å². The summed E-state index contributed by atoms with van der Waals surface area (Å²) in [4.78, 5) is 10.6. The molecule has 0 aliphatic rings. The third-order valence-corrected chi connectivity index (χ3v) is 2.41. The van der Waals surface area contributed by atoms with Crippen LogP contribution in [0.5, 0.6) is 0 Å². The molecule has 0 radical (unpaired) electrons. The Kier molecular flexibility index (Phi) is 5.58. The maximum atomic E-state index is 10.6. The minimum atomic E-state index is -0.481. The number of alkyl halides is 2. The average molecular weight is 262 g/mol. The van der Waals surface area contributed by atoms with Gasteiger partial charge >= 0.3 is 5.97 Å². The molecule has 0 aliphatic heterocycles. The van der Waals surface area contributed by atoms with E-state index in [2.05, 4.69) is 4.74 Å². The minimum absolute atomic E-state index is 0.325. The highest BCUT2D eigenvalue weighted by Gasteiger charge is 2.13. The molecule has 2 nitrogen and oxygen atoms in total. The predicted molar refractivity (Wildman–Crippen MR) is 45.2 cm³/mol. The monoisotopic (exact) mass is 262 g/mol. The van der Waals surface area contributed by atoms with Gasteiger partial charge in [-0.25, -0.2) is 0 Å². The minimum Gasteiger partial charge on any atom is -0.465 e. The smallest absolute Gasteiger partial charge is 0.324 e. The second-order valence-corrected chi connectivity index (χ2v) is 2.78. The zero-order valence-corrected chi connectivity index (χ0v) is 7.98. The molecule has 0 bridgehead atoms. The summed E-state index contributed by atoms with van der Waals surface area (Å²) < 4.78 is 5.21. The van der Waals surface area contributed by atoms with E-state index in [1.807, 2.05) is 22.6 Å². The van der Waals surface area contributed by atoms with E-state index in [0.29, 0.717) is 11.0 Å². The number of halogens is 2. The van der Waals surface area contributed by atoms with Gasteiger partial charge in [0.15, 0.2) is 0 Å². The summed E-state index contributed by atoms with van der Waals surface area (Å²) in [5.41, 5.74) is 0. The highest BCUT2D eigenvalue weighted by molar-refractivity contribution is 14.1. The molecule has 4 heteroatoms. The van der Waals surface area contributed by atoms with Crippen LogP contribution in [0.15, 0.2) is 0 Å².